The second kappa shape index (κ2) is 7.34. The second-order valence-electron chi connectivity index (χ2n) is 4.75. The van der Waals surface area contributed by atoms with Gasteiger partial charge in [-0.2, -0.15) is 0 Å². The Labute approximate surface area is 110 Å². The highest BCUT2D eigenvalue weighted by Crippen LogP contribution is 2.17. The first-order valence-electron chi connectivity index (χ1n) is 6.19. The van der Waals surface area contributed by atoms with Crippen molar-refractivity contribution in [1.29, 1.82) is 0 Å². The molecule has 110 valence electrons. The number of amides is 2. The SMILES string of the molecule is CN(CC(=O)N1CCC(C(=O)NN)CC1)CC(F)F. The van der Waals surface area contributed by atoms with Gasteiger partial charge in [-0.15, -0.1) is 0 Å². The van der Waals surface area contributed by atoms with E-state index in [9.17, 15) is 18.4 Å². The van der Waals surface area contributed by atoms with Gasteiger partial charge in [-0.1, -0.05) is 0 Å². The number of likely N-dealkylation sites (N-methyl/N-ethyl adjacent to an activating group) is 1. The summed E-state index contributed by atoms with van der Waals surface area (Å²) in [7, 11) is 1.48. The number of likely N-dealkylation sites (tertiary alicyclic amines) is 1. The van der Waals surface area contributed by atoms with Crippen LogP contribution < -0.4 is 11.3 Å². The zero-order valence-electron chi connectivity index (χ0n) is 10.9. The first-order chi connectivity index (χ1) is 8.93. The van der Waals surface area contributed by atoms with Crippen LogP contribution in [0.3, 0.4) is 0 Å². The molecule has 6 nitrogen and oxygen atoms in total. The second-order valence-corrected chi connectivity index (χ2v) is 4.75. The van der Waals surface area contributed by atoms with Crippen molar-refractivity contribution in [3.8, 4) is 0 Å². The van der Waals surface area contributed by atoms with Crippen molar-refractivity contribution >= 4 is 11.8 Å². The minimum atomic E-state index is -2.45. The van der Waals surface area contributed by atoms with Crippen LogP contribution in [0, 0.1) is 5.92 Å². The maximum absolute atomic E-state index is 12.1. The van der Waals surface area contributed by atoms with Crippen LogP contribution in [0.5, 0.6) is 0 Å². The number of nitrogens with zero attached hydrogens (tertiary/aromatic N) is 2. The average Bonchev–Trinajstić information content (AvgIpc) is 2.36. The highest BCUT2D eigenvalue weighted by Gasteiger charge is 2.27. The molecule has 0 atom stereocenters. The molecule has 3 N–H and O–H groups in total. The fourth-order valence-electron chi connectivity index (χ4n) is 2.14. The number of alkyl halides is 2. The van der Waals surface area contributed by atoms with Crippen molar-refractivity contribution in [3.05, 3.63) is 0 Å². The minimum absolute atomic E-state index is 0.0297. The van der Waals surface area contributed by atoms with Gasteiger partial charge < -0.3 is 4.90 Å². The van der Waals surface area contributed by atoms with Crippen LogP contribution in [-0.4, -0.2) is 61.3 Å². The number of hydrogen-bond acceptors (Lipinski definition) is 4. The molecule has 1 rings (SSSR count). The summed E-state index contributed by atoms with van der Waals surface area (Å²) in [5.74, 6) is 4.47. The van der Waals surface area contributed by atoms with Gasteiger partial charge in [0.05, 0.1) is 13.1 Å². The van der Waals surface area contributed by atoms with Crippen LogP contribution >= 0.6 is 0 Å². The van der Waals surface area contributed by atoms with E-state index < -0.39 is 13.0 Å². The van der Waals surface area contributed by atoms with Gasteiger partial charge in [-0.3, -0.25) is 19.9 Å². The lowest BCUT2D eigenvalue weighted by Crippen LogP contribution is -2.47. The van der Waals surface area contributed by atoms with E-state index in [0.29, 0.717) is 25.9 Å². The third-order valence-electron chi connectivity index (χ3n) is 3.22. The van der Waals surface area contributed by atoms with E-state index in [0.717, 1.165) is 0 Å². The van der Waals surface area contributed by atoms with Crippen molar-refractivity contribution in [3.63, 3.8) is 0 Å². The topological polar surface area (TPSA) is 78.7 Å². The Morgan fingerprint density at radius 1 is 1.42 bits per heavy atom. The molecule has 0 saturated carbocycles. The monoisotopic (exact) mass is 278 g/mol. The molecule has 0 aromatic rings. The summed E-state index contributed by atoms with van der Waals surface area (Å²) in [6.07, 6.45) is -1.35. The molecule has 1 fully saturated rings. The average molecular weight is 278 g/mol. The van der Waals surface area contributed by atoms with Crippen molar-refractivity contribution in [2.24, 2.45) is 11.8 Å². The van der Waals surface area contributed by atoms with Crippen LogP contribution in [0.4, 0.5) is 8.78 Å². The van der Waals surface area contributed by atoms with E-state index in [-0.39, 0.29) is 24.3 Å². The number of nitrogens with one attached hydrogen (secondary N) is 1. The molecule has 1 aliphatic heterocycles. The van der Waals surface area contributed by atoms with Crippen LogP contribution in [0.25, 0.3) is 0 Å². The molecule has 1 aliphatic rings. The zero-order chi connectivity index (χ0) is 14.4. The predicted molar refractivity (Wildman–Crippen MR) is 65.1 cm³/mol. The van der Waals surface area contributed by atoms with E-state index in [1.165, 1.54) is 11.9 Å². The summed E-state index contributed by atoms with van der Waals surface area (Å²) in [5.41, 5.74) is 2.10. The van der Waals surface area contributed by atoms with E-state index in [1.54, 1.807) is 4.90 Å². The van der Waals surface area contributed by atoms with Gasteiger partial charge in [0.1, 0.15) is 0 Å². The molecular formula is C11H20F2N4O2. The van der Waals surface area contributed by atoms with Gasteiger partial charge in [0.2, 0.25) is 11.8 Å². The number of halogens is 2. The van der Waals surface area contributed by atoms with Gasteiger partial charge >= 0.3 is 0 Å². The molecule has 0 unspecified atom stereocenters. The summed E-state index contributed by atoms with van der Waals surface area (Å²) in [5, 5.41) is 0. The van der Waals surface area contributed by atoms with Crippen LogP contribution in [0.2, 0.25) is 0 Å². The van der Waals surface area contributed by atoms with Crippen LogP contribution in [-0.2, 0) is 9.59 Å². The minimum Gasteiger partial charge on any atom is -0.342 e. The van der Waals surface area contributed by atoms with Gasteiger partial charge in [0, 0.05) is 19.0 Å². The number of carbonyl (C=O) groups excluding carboxylic acids is 2. The molecule has 0 spiro atoms. The quantitative estimate of drug-likeness (QED) is 0.400. The van der Waals surface area contributed by atoms with Gasteiger partial charge in [0.25, 0.3) is 6.43 Å². The molecule has 1 saturated heterocycles. The summed E-state index contributed by atoms with van der Waals surface area (Å²) >= 11 is 0. The van der Waals surface area contributed by atoms with Gasteiger partial charge in [-0.05, 0) is 19.9 Å². The number of carbonyl (C=O) groups is 2. The van der Waals surface area contributed by atoms with Crippen molar-refractivity contribution in [2.75, 3.05) is 33.2 Å². The fourth-order valence-corrected chi connectivity index (χ4v) is 2.14. The van der Waals surface area contributed by atoms with Crippen LogP contribution in [0.15, 0.2) is 0 Å². The largest absolute Gasteiger partial charge is 0.342 e. The van der Waals surface area contributed by atoms with Gasteiger partial charge in [-0.25, -0.2) is 14.6 Å². The van der Waals surface area contributed by atoms with Crippen LogP contribution in [0.1, 0.15) is 12.8 Å². The molecule has 19 heavy (non-hydrogen) atoms. The van der Waals surface area contributed by atoms with Crippen molar-refractivity contribution in [2.45, 2.75) is 19.3 Å². The maximum atomic E-state index is 12.1. The maximum Gasteiger partial charge on any atom is 0.251 e. The third-order valence-corrected chi connectivity index (χ3v) is 3.22. The Hall–Kier alpha value is -1.28. The van der Waals surface area contributed by atoms with Gasteiger partial charge in [0.15, 0.2) is 0 Å². The van der Waals surface area contributed by atoms with E-state index in [4.69, 9.17) is 5.84 Å². The third kappa shape index (κ3) is 5.07. The smallest absolute Gasteiger partial charge is 0.251 e. The highest BCUT2D eigenvalue weighted by molar-refractivity contribution is 5.80. The molecule has 0 aliphatic carbocycles. The number of hydrazine groups is 1. The van der Waals surface area contributed by atoms with Crippen molar-refractivity contribution in [1.82, 2.24) is 15.2 Å². The Balaban J connectivity index is 2.34. The highest BCUT2D eigenvalue weighted by atomic mass is 19.3. The van der Waals surface area contributed by atoms with E-state index in [1.807, 2.05) is 0 Å². The first kappa shape index (κ1) is 15.8. The number of nitrogens with two attached hydrogens (primary N) is 1. The lowest BCUT2D eigenvalue weighted by molar-refractivity contribution is -0.136. The first-order valence-corrected chi connectivity index (χ1v) is 6.19. The molecule has 8 heteroatoms. The number of piperidine rings is 1. The lowest BCUT2D eigenvalue weighted by Gasteiger charge is -2.32. The number of rotatable bonds is 5. The van der Waals surface area contributed by atoms with E-state index >= 15 is 0 Å². The summed E-state index contributed by atoms with van der Waals surface area (Å²) in [6.45, 7) is 0.467. The molecule has 2 amide bonds. The molecule has 0 aromatic heterocycles. The molecule has 0 aromatic carbocycles. The molecule has 0 radical (unpaired) electrons. The lowest BCUT2D eigenvalue weighted by atomic mass is 9.96. The van der Waals surface area contributed by atoms with E-state index in [2.05, 4.69) is 5.43 Å². The normalized spacial score (nSPS) is 17.1. The Morgan fingerprint density at radius 2 is 2.00 bits per heavy atom. The summed E-state index contributed by atoms with van der Waals surface area (Å²) in [6, 6.07) is 0. The molecule has 1 heterocycles. The Bertz CT molecular complexity index is 320. The van der Waals surface area contributed by atoms with Crippen molar-refractivity contribution < 1.29 is 18.4 Å². The number of hydrogen-bond donors (Lipinski definition) is 2. The summed E-state index contributed by atoms with van der Waals surface area (Å²) < 4.78 is 24.3. The zero-order valence-corrected chi connectivity index (χ0v) is 10.9. The Morgan fingerprint density at radius 3 is 2.47 bits per heavy atom. The standard InChI is InChI=1S/C11H20F2N4O2/c1-16(6-9(12)13)7-10(18)17-4-2-8(3-5-17)11(19)15-14/h8-9H,2-7,14H2,1H3,(H,15,19). The predicted octanol–water partition coefficient (Wildman–Crippen LogP) is -0.588. The Kier molecular flexibility index (Phi) is 6.10. The molecule has 0 bridgehead atoms. The fraction of sp³-hybridized carbons (Fsp3) is 0.818. The summed E-state index contributed by atoms with van der Waals surface area (Å²) in [4.78, 5) is 26.1. The molecular weight excluding hydrogens is 258 g/mol.